The van der Waals surface area contributed by atoms with E-state index in [9.17, 15) is 20.0 Å². The first-order valence-corrected chi connectivity index (χ1v) is 7.80. The van der Waals surface area contributed by atoms with Gasteiger partial charge in [0.05, 0.1) is 10.6 Å². The van der Waals surface area contributed by atoms with E-state index in [4.69, 9.17) is 0 Å². The van der Waals surface area contributed by atoms with Gasteiger partial charge in [-0.2, -0.15) is 0 Å². The molecule has 1 aromatic heterocycles. The smallest absolute Gasteiger partial charge is 0.272 e. The predicted octanol–water partition coefficient (Wildman–Crippen LogP) is 3.84. The predicted molar refractivity (Wildman–Crippen MR) is 95.1 cm³/mol. The van der Waals surface area contributed by atoms with Gasteiger partial charge in [0.15, 0.2) is 0 Å². The lowest BCUT2D eigenvalue weighted by atomic mass is 10.1. The number of hydrogen-bond donors (Lipinski definition) is 2. The molecule has 0 atom stereocenters. The average Bonchev–Trinajstić information content (AvgIpc) is 2.89. The van der Waals surface area contributed by atoms with Crippen LogP contribution < -0.4 is 5.32 Å². The second-order valence-corrected chi connectivity index (χ2v) is 5.65. The van der Waals surface area contributed by atoms with Crippen LogP contribution in [0, 0.1) is 17.0 Å². The molecule has 0 bridgehead atoms. The first kappa shape index (κ1) is 16.5. The molecule has 0 fully saturated rings. The minimum Gasteiger partial charge on any atom is -0.506 e. The summed E-state index contributed by atoms with van der Waals surface area (Å²) in [6.45, 7) is 4.39. The Hall–Kier alpha value is -3.35. The second-order valence-electron chi connectivity index (χ2n) is 5.65. The van der Waals surface area contributed by atoms with E-state index in [1.54, 1.807) is 0 Å². The van der Waals surface area contributed by atoms with Crippen molar-refractivity contribution in [2.45, 2.75) is 20.4 Å². The van der Waals surface area contributed by atoms with Gasteiger partial charge in [-0.25, -0.2) is 0 Å². The average molecular weight is 339 g/mol. The Morgan fingerprint density at radius 1 is 1.28 bits per heavy atom. The number of nitro benzene ring substituents is 1. The summed E-state index contributed by atoms with van der Waals surface area (Å²) < 4.78 is 1.88. The normalized spacial score (nSPS) is 10.8. The maximum atomic E-state index is 12.8. The standard InChI is InChI=1S/C18H17N3O4/c1-3-20-15-7-5-4-6-13(15)11(2)17(20)18(23)19-14-10-12(21(24)25)8-9-16(14)22/h4-10,22H,3H2,1-2H3,(H,19,23). The first-order chi connectivity index (χ1) is 11.9. The highest BCUT2D eigenvalue weighted by Crippen LogP contribution is 2.30. The molecule has 25 heavy (non-hydrogen) atoms. The molecular formula is C18H17N3O4. The lowest BCUT2D eigenvalue weighted by Crippen LogP contribution is -2.18. The van der Waals surface area contributed by atoms with Gasteiger partial charge in [-0.05, 0) is 31.5 Å². The number of anilines is 1. The number of aryl methyl sites for hydroxylation is 2. The van der Waals surface area contributed by atoms with Crippen molar-refractivity contribution in [3.8, 4) is 5.75 Å². The Labute approximate surface area is 143 Å². The van der Waals surface area contributed by atoms with Gasteiger partial charge in [-0.1, -0.05) is 18.2 Å². The number of carbonyl (C=O) groups is 1. The van der Waals surface area contributed by atoms with Crippen molar-refractivity contribution >= 4 is 28.2 Å². The van der Waals surface area contributed by atoms with E-state index >= 15 is 0 Å². The van der Waals surface area contributed by atoms with Crippen molar-refractivity contribution in [2.75, 3.05) is 5.32 Å². The lowest BCUT2D eigenvalue weighted by Gasteiger charge is -2.11. The Morgan fingerprint density at radius 2 is 2.00 bits per heavy atom. The molecule has 0 aliphatic carbocycles. The lowest BCUT2D eigenvalue weighted by molar-refractivity contribution is -0.384. The van der Waals surface area contributed by atoms with E-state index in [1.165, 1.54) is 12.1 Å². The van der Waals surface area contributed by atoms with Crippen LogP contribution in [0.25, 0.3) is 10.9 Å². The Balaban J connectivity index is 2.05. The van der Waals surface area contributed by atoms with Crippen molar-refractivity contribution in [2.24, 2.45) is 0 Å². The van der Waals surface area contributed by atoms with Crippen LogP contribution in [0.15, 0.2) is 42.5 Å². The minimum atomic E-state index is -0.580. The zero-order valence-corrected chi connectivity index (χ0v) is 13.8. The summed E-state index contributed by atoms with van der Waals surface area (Å²) in [6, 6.07) is 11.2. The highest BCUT2D eigenvalue weighted by Gasteiger charge is 2.21. The number of phenols is 1. The number of nitro groups is 1. The van der Waals surface area contributed by atoms with Gasteiger partial charge in [0.25, 0.3) is 11.6 Å². The van der Waals surface area contributed by atoms with Gasteiger partial charge in [0.2, 0.25) is 0 Å². The van der Waals surface area contributed by atoms with Crippen LogP contribution >= 0.6 is 0 Å². The molecule has 2 N–H and O–H groups in total. The fourth-order valence-electron chi connectivity index (χ4n) is 3.02. The van der Waals surface area contributed by atoms with Gasteiger partial charge in [-0.15, -0.1) is 0 Å². The molecule has 7 nitrogen and oxygen atoms in total. The number of nitrogens with one attached hydrogen (secondary N) is 1. The SMILES string of the molecule is CCn1c(C(=O)Nc2cc([N+](=O)[O-])ccc2O)c(C)c2ccccc21. The molecule has 0 radical (unpaired) electrons. The number of amides is 1. The summed E-state index contributed by atoms with van der Waals surface area (Å²) in [4.78, 5) is 23.1. The molecule has 128 valence electrons. The number of nitrogens with zero attached hydrogens (tertiary/aromatic N) is 2. The Bertz CT molecular complexity index is 991. The van der Waals surface area contributed by atoms with Gasteiger partial charge >= 0.3 is 0 Å². The maximum absolute atomic E-state index is 12.8. The van der Waals surface area contributed by atoms with E-state index in [2.05, 4.69) is 5.32 Å². The van der Waals surface area contributed by atoms with E-state index in [-0.39, 0.29) is 17.1 Å². The van der Waals surface area contributed by atoms with Crippen LogP contribution in [-0.4, -0.2) is 20.5 Å². The molecule has 3 aromatic rings. The highest BCUT2D eigenvalue weighted by molar-refractivity contribution is 6.09. The topological polar surface area (TPSA) is 97.4 Å². The summed E-state index contributed by atoms with van der Waals surface area (Å²) in [5.41, 5.74) is 2.03. The fraction of sp³-hybridized carbons (Fsp3) is 0.167. The van der Waals surface area contributed by atoms with Crippen LogP contribution in [0.2, 0.25) is 0 Å². The van der Waals surface area contributed by atoms with Crippen LogP contribution in [0.3, 0.4) is 0 Å². The fourth-order valence-corrected chi connectivity index (χ4v) is 3.02. The zero-order valence-electron chi connectivity index (χ0n) is 13.8. The quantitative estimate of drug-likeness (QED) is 0.429. The third kappa shape index (κ3) is 2.80. The number of phenolic OH excluding ortho intramolecular Hbond substituents is 1. The number of para-hydroxylation sites is 1. The van der Waals surface area contributed by atoms with Gasteiger partial charge in [-0.3, -0.25) is 14.9 Å². The van der Waals surface area contributed by atoms with E-state index < -0.39 is 10.8 Å². The molecule has 0 spiro atoms. The molecule has 0 aliphatic rings. The number of fused-ring (bicyclic) bond motifs is 1. The zero-order chi connectivity index (χ0) is 18.1. The third-order valence-corrected chi connectivity index (χ3v) is 4.19. The third-order valence-electron chi connectivity index (χ3n) is 4.19. The van der Waals surface area contributed by atoms with E-state index in [0.717, 1.165) is 22.5 Å². The number of rotatable bonds is 4. The van der Waals surface area contributed by atoms with Crippen LogP contribution in [0.4, 0.5) is 11.4 Å². The summed E-state index contributed by atoms with van der Waals surface area (Å²) >= 11 is 0. The summed E-state index contributed by atoms with van der Waals surface area (Å²) in [5.74, 6) is -0.651. The number of aromatic hydroxyl groups is 1. The number of benzene rings is 2. The molecule has 0 saturated carbocycles. The molecule has 0 aliphatic heterocycles. The van der Waals surface area contributed by atoms with E-state index in [0.29, 0.717) is 12.2 Å². The van der Waals surface area contributed by atoms with Crippen molar-refractivity contribution in [1.82, 2.24) is 4.57 Å². The molecule has 1 amide bonds. The van der Waals surface area contributed by atoms with Crippen LogP contribution in [0.1, 0.15) is 23.0 Å². The molecular weight excluding hydrogens is 322 g/mol. The highest BCUT2D eigenvalue weighted by atomic mass is 16.6. The van der Waals surface area contributed by atoms with Crippen LogP contribution in [0.5, 0.6) is 5.75 Å². The van der Waals surface area contributed by atoms with Crippen molar-refractivity contribution in [1.29, 1.82) is 0 Å². The van der Waals surface area contributed by atoms with Crippen molar-refractivity contribution in [3.63, 3.8) is 0 Å². The van der Waals surface area contributed by atoms with Gasteiger partial charge in [0.1, 0.15) is 11.4 Å². The minimum absolute atomic E-state index is 0.00603. The number of hydrogen-bond acceptors (Lipinski definition) is 4. The second kappa shape index (κ2) is 6.27. The molecule has 7 heteroatoms. The summed E-state index contributed by atoms with van der Waals surface area (Å²) in [5, 5.41) is 24.4. The molecule has 3 rings (SSSR count). The molecule has 0 saturated heterocycles. The first-order valence-electron chi connectivity index (χ1n) is 7.80. The van der Waals surface area contributed by atoms with Gasteiger partial charge in [0, 0.05) is 29.6 Å². The molecule has 2 aromatic carbocycles. The molecule has 0 unspecified atom stereocenters. The monoisotopic (exact) mass is 339 g/mol. The van der Waals surface area contributed by atoms with Crippen LogP contribution in [-0.2, 0) is 6.54 Å². The summed E-state index contributed by atoms with van der Waals surface area (Å²) in [7, 11) is 0. The van der Waals surface area contributed by atoms with Crippen molar-refractivity contribution < 1.29 is 14.8 Å². The maximum Gasteiger partial charge on any atom is 0.272 e. The largest absolute Gasteiger partial charge is 0.506 e. The van der Waals surface area contributed by atoms with E-state index in [1.807, 2.05) is 42.7 Å². The molecule has 1 heterocycles. The Morgan fingerprint density at radius 3 is 2.68 bits per heavy atom. The summed E-state index contributed by atoms with van der Waals surface area (Å²) in [6.07, 6.45) is 0. The van der Waals surface area contributed by atoms with Gasteiger partial charge < -0.3 is 15.0 Å². The number of non-ortho nitro benzene ring substituents is 1. The van der Waals surface area contributed by atoms with Crippen molar-refractivity contribution in [3.05, 3.63) is 63.8 Å². The number of aromatic nitrogens is 1. The Kier molecular flexibility index (Phi) is 4.14. The number of carbonyl (C=O) groups excluding carboxylic acids is 1.